The van der Waals surface area contributed by atoms with E-state index >= 15 is 0 Å². The minimum Gasteiger partial charge on any atom is -0.497 e. The molecule has 0 atom stereocenters. The Bertz CT molecular complexity index is 1440. The molecule has 1 amide bonds. The van der Waals surface area contributed by atoms with Gasteiger partial charge in [-0.25, -0.2) is 9.97 Å². The number of amides is 1. The van der Waals surface area contributed by atoms with Crippen LogP contribution < -0.4 is 15.4 Å². The van der Waals surface area contributed by atoms with Crippen LogP contribution in [0.3, 0.4) is 0 Å². The third-order valence-electron chi connectivity index (χ3n) is 8.30. The zero-order valence-corrected chi connectivity index (χ0v) is 23.4. The van der Waals surface area contributed by atoms with Crippen molar-refractivity contribution < 1.29 is 14.0 Å². The number of carbonyl (C=O) groups is 1. The van der Waals surface area contributed by atoms with Crippen LogP contribution in [0.5, 0.6) is 5.75 Å². The largest absolute Gasteiger partial charge is 0.497 e. The Morgan fingerprint density at radius 1 is 1.13 bits per heavy atom. The Morgan fingerprint density at radius 3 is 2.59 bits per heavy atom. The molecule has 0 spiro atoms. The molecule has 39 heavy (non-hydrogen) atoms. The molecular formula is C31H39N6O2+. The van der Waals surface area contributed by atoms with Crippen LogP contribution in [0.15, 0.2) is 61.1 Å². The Balaban J connectivity index is 1.22. The molecule has 1 fully saturated rings. The van der Waals surface area contributed by atoms with Crippen LogP contribution in [-0.2, 0) is 0 Å². The van der Waals surface area contributed by atoms with Gasteiger partial charge in [0, 0.05) is 35.8 Å². The standard InChI is InChI=1S/C31H38N6O2/c1-5-37(3)18-13-23(14-19-37)12-15-33-31(38)27-11-8-25(20-22(27)2)35-29-30-34-21-28(36(30)17-16-32-29)24-6-9-26(39-4)10-7-24/h6-11,16-17,20-21,23H,5,12-15,18-19H2,1-4H3,(H-,32,33,35,38)/p+1. The lowest BCUT2D eigenvalue weighted by Crippen LogP contribution is -2.49. The molecule has 8 heteroatoms. The number of rotatable bonds is 9. The minimum atomic E-state index is -0.0124. The van der Waals surface area contributed by atoms with Crippen LogP contribution in [0.2, 0.25) is 0 Å². The fourth-order valence-electron chi connectivity index (χ4n) is 5.45. The number of benzene rings is 2. The number of anilines is 2. The highest BCUT2D eigenvalue weighted by atomic mass is 16.5. The normalized spacial score (nSPS) is 19.1. The maximum atomic E-state index is 12.9. The van der Waals surface area contributed by atoms with Crippen molar-refractivity contribution in [2.45, 2.75) is 33.1 Å². The number of imidazole rings is 1. The third kappa shape index (κ3) is 5.91. The van der Waals surface area contributed by atoms with Gasteiger partial charge in [0.05, 0.1) is 45.7 Å². The molecule has 0 unspecified atom stereocenters. The van der Waals surface area contributed by atoms with E-state index in [0.717, 1.165) is 46.9 Å². The molecule has 8 nitrogen and oxygen atoms in total. The molecule has 1 aliphatic rings. The van der Waals surface area contributed by atoms with Gasteiger partial charge in [0.1, 0.15) is 5.75 Å². The molecule has 0 radical (unpaired) electrons. The minimum absolute atomic E-state index is 0.0124. The first-order chi connectivity index (χ1) is 18.9. The number of hydrogen-bond donors (Lipinski definition) is 2. The summed E-state index contributed by atoms with van der Waals surface area (Å²) in [5.41, 5.74) is 5.21. The highest BCUT2D eigenvalue weighted by Gasteiger charge is 2.28. The first-order valence-corrected chi connectivity index (χ1v) is 13.8. The molecule has 0 saturated carbocycles. The Kier molecular flexibility index (Phi) is 7.84. The van der Waals surface area contributed by atoms with E-state index in [1.54, 1.807) is 13.3 Å². The van der Waals surface area contributed by atoms with Gasteiger partial charge in [-0.05, 0) is 87.1 Å². The van der Waals surface area contributed by atoms with Crippen LogP contribution in [0.4, 0.5) is 11.5 Å². The van der Waals surface area contributed by atoms with Crippen LogP contribution in [0.25, 0.3) is 16.9 Å². The number of aromatic nitrogens is 3. The predicted octanol–water partition coefficient (Wildman–Crippen LogP) is 5.45. The van der Waals surface area contributed by atoms with Crippen LogP contribution in [0.1, 0.15) is 42.1 Å². The van der Waals surface area contributed by atoms with E-state index < -0.39 is 0 Å². The van der Waals surface area contributed by atoms with Gasteiger partial charge in [-0.1, -0.05) is 0 Å². The van der Waals surface area contributed by atoms with Gasteiger partial charge < -0.3 is 19.9 Å². The first-order valence-electron chi connectivity index (χ1n) is 13.8. The summed E-state index contributed by atoms with van der Waals surface area (Å²) in [6.45, 7) is 8.65. The summed E-state index contributed by atoms with van der Waals surface area (Å²) in [4.78, 5) is 22.1. The van der Waals surface area contributed by atoms with E-state index in [1.165, 1.54) is 37.0 Å². The van der Waals surface area contributed by atoms with Crippen LogP contribution >= 0.6 is 0 Å². The second-order valence-electron chi connectivity index (χ2n) is 10.9. The number of methoxy groups -OCH3 is 1. The second kappa shape index (κ2) is 11.5. The second-order valence-corrected chi connectivity index (χ2v) is 10.9. The number of nitrogens with one attached hydrogen (secondary N) is 2. The molecule has 0 aliphatic carbocycles. The van der Waals surface area contributed by atoms with Gasteiger partial charge in [0.2, 0.25) is 0 Å². The Hall–Kier alpha value is -3.91. The van der Waals surface area contributed by atoms with E-state index in [2.05, 4.69) is 34.6 Å². The van der Waals surface area contributed by atoms with E-state index in [-0.39, 0.29) is 5.91 Å². The average molecular weight is 528 g/mol. The molecule has 204 valence electrons. The predicted molar refractivity (Wildman–Crippen MR) is 156 cm³/mol. The van der Waals surface area contributed by atoms with Gasteiger partial charge in [0.25, 0.3) is 5.91 Å². The van der Waals surface area contributed by atoms with Gasteiger partial charge >= 0.3 is 0 Å². The van der Waals surface area contributed by atoms with Gasteiger partial charge in [-0.2, -0.15) is 0 Å². The van der Waals surface area contributed by atoms with Crippen molar-refractivity contribution >= 4 is 23.1 Å². The lowest BCUT2D eigenvalue weighted by molar-refractivity contribution is -0.913. The number of ether oxygens (including phenoxy) is 1. The van der Waals surface area contributed by atoms with Crippen molar-refractivity contribution in [1.29, 1.82) is 0 Å². The molecule has 5 rings (SSSR count). The Morgan fingerprint density at radius 2 is 1.90 bits per heavy atom. The summed E-state index contributed by atoms with van der Waals surface area (Å²) in [6.07, 6.45) is 9.05. The number of quaternary nitrogens is 1. The summed E-state index contributed by atoms with van der Waals surface area (Å²) in [6, 6.07) is 13.7. The molecule has 2 aromatic carbocycles. The summed E-state index contributed by atoms with van der Waals surface area (Å²) in [5.74, 6) is 2.16. The molecule has 1 aliphatic heterocycles. The first kappa shape index (κ1) is 26.7. The van der Waals surface area contributed by atoms with Crippen molar-refractivity contribution in [2.24, 2.45) is 5.92 Å². The van der Waals surface area contributed by atoms with Gasteiger partial charge in [-0.3, -0.25) is 9.20 Å². The zero-order chi connectivity index (χ0) is 27.4. The number of aryl methyl sites for hydroxylation is 1. The molecule has 0 bridgehead atoms. The van der Waals surface area contributed by atoms with E-state index in [9.17, 15) is 4.79 Å². The van der Waals surface area contributed by atoms with Crippen LogP contribution in [-0.4, -0.2) is 65.1 Å². The topological polar surface area (TPSA) is 80.6 Å². The van der Waals surface area contributed by atoms with Crippen molar-refractivity contribution in [1.82, 2.24) is 19.7 Å². The lowest BCUT2D eigenvalue weighted by Gasteiger charge is -2.39. The van der Waals surface area contributed by atoms with E-state index in [0.29, 0.717) is 17.3 Å². The summed E-state index contributed by atoms with van der Waals surface area (Å²) in [5, 5.41) is 6.53. The summed E-state index contributed by atoms with van der Waals surface area (Å²) < 4.78 is 8.47. The fraction of sp³-hybridized carbons (Fsp3) is 0.387. The zero-order valence-electron chi connectivity index (χ0n) is 23.4. The van der Waals surface area contributed by atoms with Gasteiger partial charge in [-0.15, -0.1) is 0 Å². The Labute approximate surface area is 230 Å². The number of likely N-dealkylation sites (tertiary alicyclic amines) is 1. The van der Waals surface area contributed by atoms with E-state index in [4.69, 9.17) is 4.74 Å². The van der Waals surface area contributed by atoms with Crippen molar-refractivity contribution in [3.05, 3.63) is 72.2 Å². The van der Waals surface area contributed by atoms with Gasteiger partial charge in [0.15, 0.2) is 11.5 Å². The van der Waals surface area contributed by atoms with E-state index in [1.807, 2.05) is 66.2 Å². The number of nitrogens with zero attached hydrogens (tertiary/aromatic N) is 4. The summed E-state index contributed by atoms with van der Waals surface area (Å²) in [7, 11) is 4.01. The molecular weight excluding hydrogens is 488 g/mol. The number of hydrogen-bond acceptors (Lipinski definition) is 5. The molecule has 2 N–H and O–H groups in total. The fourth-order valence-corrected chi connectivity index (χ4v) is 5.45. The third-order valence-corrected chi connectivity index (χ3v) is 8.30. The molecule has 2 aromatic heterocycles. The van der Waals surface area contributed by atoms with Crippen molar-refractivity contribution in [2.75, 3.05) is 45.7 Å². The van der Waals surface area contributed by atoms with Crippen molar-refractivity contribution in [3.8, 4) is 17.0 Å². The molecule has 4 aromatic rings. The maximum absolute atomic E-state index is 12.9. The van der Waals surface area contributed by atoms with Crippen LogP contribution in [0, 0.1) is 12.8 Å². The monoisotopic (exact) mass is 527 g/mol. The molecule has 1 saturated heterocycles. The highest BCUT2D eigenvalue weighted by molar-refractivity contribution is 5.96. The number of fused-ring (bicyclic) bond motifs is 1. The molecule has 3 heterocycles. The SMILES string of the molecule is CC[N+]1(C)CCC(CCNC(=O)c2ccc(Nc3nccn4c(-c5ccc(OC)cc5)cnc34)cc2C)CC1. The number of piperidine rings is 1. The smallest absolute Gasteiger partial charge is 0.251 e. The maximum Gasteiger partial charge on any atom is 0.251 e. The number of carbonyl (C=O) groups excluding carboxylic acids is 1. The summed E-state index contributed by atoms with van der Waals surface area (Å²) >= 11 is 0. The lowest BCUT2D eigenvalue weighted by atomic mass is 9.92. The quantitative estimate of drug-likeness (QED) is 0.283. The average Bonchev–Trinajstić information content (AvgIpc) is 3.39. The van der Waals surface area contributed by atoms with Crippen molar-refractivity contribution in [3.63, 3.8) is 0 Å². The highest BCUT2D eigenvalue weighted by Crippen LogP contribution is 2.28.